The fourth-order valence-corrected chi connectivity index (χ4v) is 4.61. The summed E-state index contributed by atoms with van der Waals surface area (Å²) in [4.78, 5) is 0.364. The van der Waals surface area contributed by atoms with Crippen LogP contribution < -0.4 is 4.31 Å². The molecule has 110 valence electrons. The summed E-state index contributed by atoms with van der Waals surface area (Å²) < 4.78 is 27.4. The molecule has 21 heavy (non-hydrogen) atoms. The van der Waals surface area contributed by atoms with E-state index in [9.17, 15) is 8.42 Å². The number of benzene rings is 2. The molecule has 2 aromatic carbocycles. The minimum absolute atomic E-state index is 0.0433. The molecular formula is C17H19NO2S. The zero-order chi connectivity index (χ0) is 15.0. The van der Waals surface area contributed by atoms with Gasteiger partial charge in [-0.2, -0.15) is 0 Å². The van der Waals surface area contributed by atoms with Crippen LogP contribution >= 0.6 is 0 Å². The largest absolute Gasteiger partial charge is 0.264 e. The third kappa shape index (κ3) is 2.33. The molecule has 1 unspecified atom stereocenters. The molecule has 3 nitrogen and oxygen atoms in total. The first-order valence-electron chi connectivity index (χ1n) is 7.25. The molecule has 0 saturated heterocycles. The van der Waals surface area contributed by atoms with Crippen LogP contribution in [-0.4, -0.2) is 14.5 Å². The molecule has 0 bridgehead atoms. The average Bonchev–Trinajstić information content (AvgIpc) is 2.83. The first kappa shape index (κ1) is 14.1. The maximum absolute atomic E-state index is 12.9. The predicted molar refractivity (Wildman–Crippen MR) is 85.1 cm³/mol. The van der Waals surface area contributed by atoms with Crippen molar-refractivity contribution in [2.75, 3.05) is 4.31 Å². The molecule has 0 radical (unpaired) electrons. The van der Waals surface area contributed by atoms with Crippen LogP contribution in [-0.2, 0) is 22.9 Å². The standard InChI is InChI=1S/C17H19NO2S/c1-3-14-8-10-16(11-9-14)21(19,20)18-13(2)12-15-6-4-5-7-17(15)18/h4-11,13H,3,12H2,1-2H3. The van der Waals surface area contributed by atoms with E-state index in [0.717, 1.165) is 29.7 Å². The van der Waals surface area contributed by atoms with Gasteiger partial charge in [0.1, 0.15) is 0 Å². The molecule has 1 atom stereocenters. The normalized spacial score (nSPS) is 17.8. The van der Waals surface area contributed by atoms with Crippen LogP contribution in [0.2, 0.25) is 0 Å². The third-order valence-electron chi connectivity index (χ3n) is 4.03. The van der Waals surface area contributed by atoms with Gasteiger partial charge in [-0.15, -0.1) is 0 Å². The van der Waals surface area contributed by atoms with Crippen LogP contribution in [0.5, 0.6) is 0 Å². The second-order valence-electron chi connectivity index (χ2n) is 5.48. The lowest BCUT2D eigenvalue weighted by molar-refractivity contribution is 0.584. The van der Waals surface area contributed by atoms with E-state index in [0.29, 0.717) is 4.90 Å². The molecule has 0 aromatic heterocycles. The minimum atomic E-state index is -3.49. The summed E-state index contributed by atoms with van der Waals surface area (Å²) in [5.41, 5.74) is 3.05. The van der Waals surface area contributed by atoms with E-state index in [-0.39, 0.29) is 6.04 Å². The summed E-state index contributed by atoms with van der Waals surface area (Å²) in [6, 6.07) is 14.9. The van der Waals surface area contributed by atoms with Crippen LogP contribution in [0.1, 0.15) is 25.0 Å². The molecule has 0 aliphatic carbocycles. The van der Waals surface area contributed by atoms with E-state index in [2.05, 4.69) is 6.92 Å². The van der Waals surface area contributed by atoms with Crippen molar-refractivity contribution in [3.63, 3.8) is 0 Å². The molecule has 0 fully saturated rings. The maximum atomic E-state index is 12.9. The van der Waals surface area contributed by atoms with Crippen molar-refractivity contribution < 1.29 is 8.42 Å². The number of aryl methyl sites for hydroxylation is 1. The van der Waals surface area contributed by atoms with Crippen molar-refractivity contribution in [2.45, 2.75) is 37.6 Å². The zero-order valence-electron chi connectivity index (χ0n) is 12.3. The second kappa shape index (κ2) is 5.19. The number of fused-ring (bicyclic) bond motifs is 1. The van der Waals surface area contributed by atoms with Gasteiger partial charge in [-0.3, -0.25) is 4.31 Å². The van der Waals surface area contributed by atoms with E-state index < -0.39 is 10.0 Å². The predicted octanol–water partition coefficient (Wildman–Crippen LogP) is 3.39. The quantitative estimate of drug-likeness (QED) is 0.871. The highest BCUT2D eigenvalue weighted by Crippen LogP contribution is 2.36. The van der Waals surface area contributed by atoms with Crippen LogP contribution in [0.4, 0.5) is 5.69 Å². The lowest BCUT2D eigenvalue weighted by atomic mass is 10.1. The van der Waals surface area contributed by atoms with Crippen molar-refractivity contribution in [1.82, 2.24) is 0 Å². The Kier molecular flexibility index (Phi) is 3.49. The van der Waals surface area contributed by atoms with Crippen LogP contribution in [0.15, 0.2) is 53.4 Å². The van der Waals surface area contributed by atoms with Crippen LogP contribution in [0.3, 0.4) is 0 Å². The highest BCUT2D eigenvalue weighted by molar-refractivity contribution is 7.92. The Hall–Kier alpha value is -1.81. The third-order valence-corrected chi connectivity index (χ3v) is 5.98. The Morgan fingerprint density at radius 2 is 1.76 bits per heavy atom. The molecule has 0 amide bonds. The Morgan fingerprint density at radius 1 is 1.10 bits per heavy atom. The number of sulfonamides is 1. The van der Waals surface area contributed by atoms with Crippen LogP contribution in [0, 0.1) is 0 Å². The van der Waals surface area contributed by atoms with Gasteiger partial charge in [-0.25, -0.2) is 8.42 Å². The van der Waals surface area contributed by atoms with Crippen molar-refractivity contribution in [3.05, 3.63) is 59.7 Å². The molecule has 0 spiro atoms. The summed E-state index contributed by atoms with van der Waals surface area (Å²) in [5, 5.41) is 0. The van der Waals surface area contributed by atoms with Gasteiger partial charge in [0.05, 0.1) is 10.6 Å². The highest BCUT2D eigenvalue weighted by Gasteiger charge is 2.35. The first-order chi connectivity index (χ1) is 10.0. The average molecular weight is 301 g/mol. The topological polar surface area (TPSA) is 37.4 Å². The summed E-state index contributed by atoms with van der Waals surface area (Å²) in [6.07, 6.45) is 1.67. The van der Waals surface area contributed by atoms with E-state index in [4.69, 9.17) is 0 Å². The highest BCUT2D eigenvalue weighted by atomic mass is 32.2. The fourth-order valence-electron chi connectivity index (χ4n) is 2.91. The van der Waals surface area contributed by atoms with E-state index >= 15 is 0 Å². The monoisotopic (exact) mass is 301 g/mol. The number of para-hydroxylation sites is 1. The Labute approximate surface area is 126 Å². The Morgan fingerprint density at radius 3 is 2.43 bits per heavy atom. The zero-order valence-corrected chi connectivity index (χ0v) is 13.1. The number of hydrogen-bond acceptors (Lipinski definition) is 2. The first-order valence-corrected chi connectivity index (χ1v) is 8.69. The minimum Gasteiger partial charge on any atom is -0.263 e. The smallest absolute Gasteiger partial charge is 0.263 e. The van der Waals surface area contributed by atoms with Gasteiger partial charge in [0.2, 0.25) is 0 Å². The lowest BCUT2D eigenvalue weighted by Crippen LogP contribution is -2.35. The van der Waals surface area contributed by atoms with Gasteiger partial charge in [0, 0.05) is 6.04 Å². The molecule has 0 N–H and O–H groups in total. The van der Waals surface area contributed by atoms with Crippen molar-refractivity contribution in [3.8, 4) is 0 Å². The number of hydrogen-bond donors (Lipinski definition) is 0. The molecule has 0 saturated carbocycles. The lowest BCUT2D eigenvalue weighted by Gasteiger charge is -2.24. The van der Waals surface area contributed by atoms with E-state index in [1.165, 1.54) is 0 Å². The van der Waals surface area contributed by atoms with Gasteiger partial charge in [-0.1, -0.05) is 37.3 Å². The van der Waals surface area contributed by atoms with E-state index in [1.54, 1.807) is 16.4 Å². The van der Waals surface area contributed by atoms with Crippen molar-refractivity contribution in [2.24, 2.45) is 0 Å². The molecule has 4 heteroatoms. The van der Waals surface area contributed by atoms with Gasteiger partial charge in [0.15, 0.2) is 0 Å². The van der Waals surface area contributed by atoms with Gasteiger partial charge in [-0.05, 0) is 49.1 Å². The fraction of sp³-hybridized carbons (Fsp3) is 0.294. The second-order valence-corrected chi connectivity index (χ2v) is 7.30. The Balaban J connectivity index is 2.05. The van der Waals surface area contributed by atoms with Crippen molar-refractivity contribution in [1.29, 1.82) is 0 Å². The van der Waals surface area contributed by atoms with Gasteiger partial charge < -0.3 is 0 Å². The summed E-state index contributed by atoms with van der Waals surface area (Å²) in [6.45, 7) is 4.01. The maximum Gasteiger partial charge on any atom is 0.264 e. The molecule has 3 rings (SSSR count). The number of nitrogens with zero attached hydrogens (tertiary/aromatic N) is 1. The summed E-state index contributed by atoms with van der Waals surface area (Å²) in [7, 11) is -3.49. The summed E-state index contributed by atoms with van der Waals surface area (Å²) in [5.74, 6) is 0. The molecular weight excluding hydrogens is 282 g/mol. The van der Waals surface area contributed by atoms with Gasteiger partial charge in [0.25, 0.3) is 10.0 Å². The Bertz CT molecular complexity index is 751. The number of rotatable bonds is 3. The van der Waals surface area contributed by atoms with Crippen molar-refractivity contribution >= 4 is 15.7 Å². The summed E-state index contributed by atoms with van der Waals surface area (Å²) >= 11 is 0. The molecule has 1 aliphatic heterocycles. The SMILES string of the molecule is CCc1ccc(S(=O)(=O)N2c3ccccc3CC2C)cc1. The van der Waals surface area contributed by atoms with Crippen LogP contribution in [0.25, 0.3) is 0 Å². The van der Waals surface area contributed by atoms with E-state index in [1.807, 2.05) is 43.3 Å². The number of anilines is 1. The molecule has 2 aromatic rings. The molecule has 1 heterocycles. The van der Waals surface area contributed by atoms with Gasteiger partial charge >= 0.3 is 0 Å². The molecule has 1 aliphatic rings.